The van der Waals surface area contributed by atoms with Crippen molar-refractivity contribution in [3.63, 3.8) is 0 Å². The molecule has 0 unspecified atom stereocenters. The summed E-state index contributed by atoms with van der Waals surface area (Å²) in [6, 6.07) is 2.19. The number of aromatic carboxylic acids is 1. The molecule has 2 aromatic rings. The molecule has 150 valence electrons. The first-order chi connectivity index (χ1) is 12.9. The molecule has 0 atom stereocenters. The second kappa shape index (κ2) is 12.1. The Bertz CT molecular complexity index is 794. The molecule has 1 N–H and O–H groups in total. The molecule has 11 nitrogen and oxygen atoms in total. The molecule has 0 aromatic carbocycles. The van der Waals surface area contributed by atoms with Crippen molar-refractivity contribution in [1.29, 1.82) is 0 Å². The highest BCUT2D eigenvalue weighted by molar-refractivity contribution is 7.14. The molecule has 2 aromatic heterocycles. The van der Waals surface area contributed by atoms with E-state index in [1.807, 2.05) is 0 Å². The lowest BCUT2D eigenvalue weighted by molar-refractivity contribution is -0.380. The highest BCUT2D eigenvalue weighted by Crippen LogP contribution is 2.23. The van der Waals surface area contributed by atoms with Gasteiger partial charge < -0.3 is 5.11 Å². The van der Waals surface area contributed by atoms with E-state index in [9.17, 15) is 39.4 Å². The lowest BCUT2D eigenvalue weighted by atomic mass is 10.3. The van der Waals surface area contributed by atoms with Crippen LogP contribution in [0.1, 0.15) is 20.7 Å². The zero-order valence-electron chi connectivity index (χ0n) is 12.9. The molecule has 0 amide bonds. The van der Waals surface area contributed by atoms with Gasteiger partial charge in [-0.3, -0.25) is 34.6 Å². The predicted molar refractivity (Wildman–Crippen MR) is 101 cm³/mol. The summed E-state index contributed by atoms with van der Waals surface area (Å²) in [6.45, 7) is 0. The van der Waals surface area contributed by atoms with E-state index >= 15 is 0 Å². The van der Waals surface area contributed by atoms with Crippen molar-refractivity contribution in [3.05, 3.63) is 54.2 Å². The molecular formula is C12H5Cl3N2O9S2. The third kappa shape index (κ3) is 9.48. The fourth-order valence-electron chi connectivity index (χ4n) is 1.06. The van der Waals surface area contributed by atoms with Gasteiger partial charge in [0.1, 0.15) is 0 Å². The number of nitro groups is 2. The second-order valence-corrected chi connectivity index (χ2v) is 6.80. The summed E-state index contributed by atoms with van der Waals surface area (Å²) in [6.07, 6.45) is 0. The van der Waals surface area contributed by atoms with Crippen LogP contribution in [0.3, 0.4) is 0 Å². The third-order valence-corrected chi connectivity index (χ3v) is 4.58. The van der Waals surface area contributed by atoms with Crippen LogP contribution in [0.5, 0.6) is 0 Å². The number of thiophene rings is 2. The molecule has 0 aliphatic rings. The molecule has 0 fully saturated rings. The summed E-state index contributed by atoms with van der Waals surface area (Å²) in [4.78, 5) is 58.5. The quantitative estimate of drug-likeness (QED) is 0.281. The Morgan fingerprint density at radius 2 is 1.18 bits per heavy atom. The molecule has 16 heteroatoms. The van der Waals surface area contributed by atoms with Crippen molar-refractivity contribution < 1.29 is 34.1 Å². The normalized spacial score (nSPS) is 9.11. The van der Waals surface area contributed by atoms with E-state index in [4.69, 9.17) is 16.7 Å². The van der Waals surface area contributed by atoms with Crippen LogP contribution < -0.4 is 0 Å². The Balaban J connectivity index is 0.000000411. The van der Waals surface area contributed by atoms with E-state index in [1.54, 1.807) is 0 Å². The first-order valence-corrected chi connectivity index (χ1v) is 9.04. The maximum absolute atomic E-state index is 10.4. The van der Waals surface area contributed by atoms with Gasteiger partial charge in [0.25, 0.3) is 5.24 Å². The summed E-state index contributed by atoms with van der Waals surface area (Å²) in [5.74, 6) is -1.14. The van der Waals surface area contributed by atoms with Gasteiger partial charge in [0.15, 0.2) is 0 Å². The first-order valence-electron chi connectivity index (χ1n) is 6.15. The number of carbonyl (C=O) groups excluding carboxylic acids is 3. The van der Waals surface area contributed by atoms with Crippen molar-refractivity contribution >= 4 is 89.2 Å². The van der Waals surface area contributed by atoms with Crippen molar-refractivity contribution in [1.82, 2.24) is 0 Å². The molecule has 0 aliphatic carbocycles. The van der Waals surface area contributed by atoms with Crippen LogP contribution in [0, 0.1) is 20.2 Å². The molecule has 28 heavy (non-hydrogen) atoms. The average molecular weight is 492 g/mol. The molecule has 0 saturated carbocycles. The summed E-state index contributed by atoms with van der Waals surface area (Å²) in [5.41, 5.74) is 0.130. The van der Waals surface area contributed by atoms with E-state index in [0.29, 0.717) is 0 Å². The van der Waals surface area contributed by atoms with E-state index in [0.717, 1.165) is 34.8 Å². The Morgan fingerprint density at radius 1 is 0.821 bits per heavy atom. The molecule has 2 rings (SSSR count). The highest BCUT2D eigenvalue weighted by Gasteiger charge is 2.13. The van der Waals surface area contributed by atoms with Gasteiger partial charge in [0.2, 0.25) is 0 Å². The van der Waals surface area contributed by atoms with E-state index in [2.05, 4.69) is 23.2 Å². The minimum Gasteiger partial charge on any atom is -0.478 e. The van der Waals surface area contributed by atoms with Gasteiger partial charge in [0.05, 0.1) is 21.0 Å². The van der Waals surface area contributed by atoms with Gasteiger partial charge >= 0.3 is 26.5 Å². The van der Waals surface area contributed by atoms with E-state index in [1.165, 1.54) is 10.8 Å². The first kappa shape index (κ1) is 25.6. The zero-order valence-corrected chi connectivity index (χ0v) is 16.8. The van der Waals surface area contributed by atoms with Crippen LogP contribution in [0.15, 0.2) is 22.9 Å². The Hall–Kier alpha value is -2.45. The number of hydrogen-bond donors (Lipinski definition) is 1. The van der Waals surface area contributed by atoms with Crippen LogP contribution in [0.2, 0.25) is 0 Å². The molecule has 0 bridgehead atoms. The molecular weight excluding hydrogens is 487 g/mol. The van der Waals surface area contributed by atoms with Crippen LogP contribution in [0.25, 0.3) is 0 Å². The van der Waals surface area contributed by atoms with E-state index in [-0.39, 0.29) is 21.1 Å². The van der Waals surface area contributed by atoms with Crippen LogP contribution in [0.4, 0.5) is 10.0 Å². The van der Waals surface area contributed by atoms with Crippen LogP contribution in [-0.2, 0) is 9.59 Å². The Morgan fingerprint density at radius 3 is 1.36 bits per heavy atom. The van der Waals surface area contributed by atoms with Gasteiger partial charge in [-0.15, -0.1) is 0 Å². The predicted octanol–water partition coefficient (Wildman–Crippen LogP) is 3.91. The van der Waals surface area contributed by atoms with Crippen molar-refractivity contribution in [2.75, 3.05) is 0 Å². The van der Waals surface area contributed by atoms with Gasteiger partial charge in [-0.1, -0.05) is 22.7 Å². The average Bonchev–Trinajstić information content (AvgIpc) is 3.26. The highest BCUT2D eigenvalue weighted by atomic mass is 35.5. The molecule has 0 aliphatic heterocycles. The minimum atomic E-state index is -1.14. The number of carboxylic acid groups (broad SMARTS) is 1. The summed E-state index contributed by atoms with van der Waals surface area (Å²) >= 11 is 15.7. The standard InChI is InChI=1S/C5H2ClNO3S.C5H3NO4S.C2Cl2O2/c6-5(8)3-1-4(7(9)10)11-2-3;7-5(8)3-1-4(6(9)10)11-2-3;3-1(5)2(4)6/h1-2H;1-2H,(H,7,8);. The largest absolute Gasteiger partial charge is 0.478 e. The van der Waals surface area contributed by atoms with Crippen molar-refractivity contribution in [2.45, 2.75) is 0 Å². The topological polar surface area (TPSA) is 175 Å². The number of carboxylic acids is 1. The van der Waals surface area contributed by atoms with Crippen molar-refractivity contribution in [3.8, 4) is 0 Å². The number of hydrogen-bond acceptors (Lipinski definition) is 10. The van der Waals surface area contributed by atoms with Crippen LogP contribution in [-0.4, -0.2) is 36.6 Å². The summed E-state index contributed by atoms with van der Waals surface area (Å²) in [7, 11) is 0. The maximum Gasteiger partial charge on any atom is 0.336 e. The lowest BCUT2D eigenvalue weighted by Crippen LogP contribution is -1.94. The van der Waals surface area contributed by atoms with Gasteiger partial charge in [-0.25, -0.2) is 4.79 Å². The van der Waals surface area contributed by atoms with E-state index < -0.39 is 31.5 Å². The Kier molecular flexibility index (Phi) is 11.0. The number of carbonyl (C=O) groups is 4. The van der Waals surface area contributed by atoms with Gasteiger partial charge in [-0.2, -0.15) is 0 Å². The molecule has 0 radical (unpaired) electrons. The second-order valence-electron chi connectivity index (χ2n) is 3.99. The summed E-state index contributed by atoms with van der Waals surface area (Å²) in [5, 5.41) is 27.9. The molecule has 0 saturated heterocycles. The minimum absolute atomic E-state index is 0.0401. The monoisotopic (exact) mass is 490 g/mol. The number of nitrogens with zero attached hydrogens (tertiary/aromatic N) is 2. The molecule has 0 spiro atoms. The Labute approximate surface area is 177 Å². The fourth-order valence-corrected chi connectivity index (χ4v) is 2.63. The lowest BCUT2D eigenvalue weighted by Gasteiger charge is -1.80. The smallest absolute Gasteiger partial charge is 0.336 e. The summed E-state index contributed by atoms with van der Waals surface area (Å²) < 4.78 is 0. The zero-order chi connectivity index (χ0) is 22.0. The third-order valence-electron chi connectivity index (χ3n) is 2.16. The molecule has 2 heterocycles. The van der Waals surface area contributed by atoms with Gasteiger partial charge in [-0.05, 0) is 34.8 Å². The SMILES string of the molecule is O=C(Cl)C(=O)Cl.O=C(Cl)c1csc([N+](=O)[O-])c1.O=C(O)c1csc([N+](=O)[O-])c1. The van der Waals surface area contributed by atoms with Crippen LogP contribution >= 0.6 is 57.5 Å². The maximum atomic E-state index is 10.4. The number of halogens is 3. The van der Waals surface area contributed by atoms with Crippen molar-refractivity contribution in [2.24, 2.45) is 0 Å². The fraction of sp³-hybridized carbons (Fsp3) is 0. The van der Waals surface area contributed by atoms with Gasteiger partial charge in [0, 0.05) is 22.9 Å². The number of rotatable bonds is 5.